The Labute approximate surface area is 432 Å². The highest BCUT2D eigenvalue weighted by molar-refractivity contribution is 6.06. The Morgan fingerprint density at radius 3 is 1.64 bits per heavy atom. The maximum atomic E-state index is 14.9. The lowest BCUT2D eigenvalue weighted by atomic mass is 9.74. The average molecular weight is 1030 g/mol. The van der Waals surface area contributed by atoms with Crippen LogP contribution in [0.2, 0.25) is 0 Å². The summed E-state index contributed by atoms with van der Waals surface area (Å²) >= 11 is 0. The maximum absolute atomic E-state index is 14.9. The smallest absolute Gasteiger partial charge is 0.435 e. The average Bonchev–Trinajstić information content (AvgIpc) is 4.26. The van der Waals surface area contributed by atoms with E-state index in [0.29, 0.717) is 72.7 Å². The van der Waals surface area contributed by atoms with Gasteiger partial charge < -0.3 is 44.1 Å². The summed E-state index contributed by atoms with van der Waals surface area (Å²) in [6.07, 6.45) is 2.08. The summed E-state index contributed by atoms with van der Waals surface area (Å²) in [5.74, 6) is -0.211. The number of fused-ring (bicyclic) bond motifs is 2. The molecule has 6 aromatic rings. The first-order chi connectivity index (χ1) is 36.0. The number of nitrogens with zero attached hydrogens (tertiary/aromatic N) is 5. The van der Waals surface area contributed by atoms with Crippen molar-refractivity contribution in [2.75, 3.05) is 64.4 Å². The predicted octanol–water partition coefficient (Wildman–Crippen LogP) is 7.65. The van der Waals surface area contributed by atoms with E-state index in [1.165, 1.54) is 16.0 Å². The van der Waals surface area contributed by atoms with Crippen LogP contribution in [-0.4, -0.2) is 143 Å². The van der Waals surface area contributed by atoms with E-state index < -0.39 is 58.8 Å². The first-order valence-corrected chi connectivity index (χ1v) is 25.1. The number of benzene rings is 4. The van der Waals surface area contributed by atoms with Crippen molar-refractivity contribution in [3.8, 4) is 11.5 Å². The number of methoxy groups -OCH3 is 2. The molecule has 4 amide bonds. The van der Waals surface area contributed by atoms with Crippen LogP contribution in [0.1, 0.15) is 70.4 Å². The van der Waals surface area contributed by atoms with Gasteiger partial charge in [-0.25, -0.2) is 13.6 Å². The van der Waals surface area contributed by atoms with Crippen molar-refractivity contribution in [1.29, 1.82) is 0 Å². The number of alkyl halides is 2. The van der Waals surface area contributed by atoms with Gasteiger partial charge in [-0.3, -0.25) is 24.3 Å². The summed E-state index contributed by atoms with van der Waals surface area (Å²) in [5.41, 5.74) is 0.969. The molecule has 4 aliphatic heterocycles. The highest BCUT2D eigenvalue weighted by Gasteiger charge is 2.52. The van der Waals surface area contributed by atoms with E-state index in [9.17, 15) is 32.8 Å². The molecule has 18 nitrogen and oxygen atoms in total. The fourth-order valence-corrected chi connectivity index (χ4v) is 10.6. The summed E-state index contributed by atoms with van der Waals surface area (Å²) in [6.45, 7) is 6.39. The Morgan fingerprint density at radius 1 is 0.680 bits per heavy atom. The van der Waals surface area contributed by atoms with Gasteiger partial charge in [-0.2, -0.15) is 14.9 Å². The van der Waals surface area contributed by atoms with Crippen molar-refractivity contribution in [2.45, 2.75) is 100 Å². The molecule has 0 spiro atoms. The van der Waals surface area contributed by atoms with Gasteiger partial charge in [-0.05, 0) is 106 Å². The number of ether oxygens (including phenoxy) is 5. The lowest BCUT2D eigenvalue weighted by Gasteiger charge is -2.40. The molecule has 20 heteroatoms. The number of rotatable bonds is 10. The Morgan fingerprint density at radius 2 is 1.17 bits per heavy atom. The van der Waals surface area contributed by atoms with Crippen LogP contribution >= 0.6 is 0 Å². The van der Waals surface area contributed by atoms with Crippen molar-refractivity contribution in [3.63, 3.8) is 0 Å². The van der Waals surface area contributed by atoms with Gasteiger partial charge in [0.05, 0.1) is 86.2 Å². The molecule has 4 aromatic carbocycles. The second-order valence-corrected chi connectivity index (χ2v) is 20.4. The number of carbonyl (C=O) groups is 5. The zero-order valence-electron chi connectivity index (χ0n) is 42.6. The summed E-state index contributed by atoms with van der Waals surface area (Å²) in [5, 5.41) is 18.0. The van der Waals surface area contributed by atoms with Crippen LogP contribution < -0.4 is 20.1 Å². The lowest BCUT2D eigenvalue weighted by Crippen LogP contribution is -2.55. The van der Waals surface area contributed by atoms with E-state index >= 15 is 0 Å². The maximum Gasteiger partial charge on any atom is 0.435 e. The molecule has 4 fully saturated rings. The molecule has 4 aliphatic rings. The fourth-order valence-electron chi connectivity index (χ4n) is 10.6. The van der Waals surface area contributed by atoms with Gasteiger partial charge in [0, 0.05) is 36.8 Å². The predicted molar refractivity (Wildman–Crippen MR) is 274 cm³/mol. The summed E-state index contributed by atoms with van der Waals surface area (Å²) < 4.78 is 58.1. The first-order valence-electron chi connectivity index (χ1n) is 25.1. The Balaban J connectivity index is 0.000000187. The monoisotopic (exact) mass is 1030 g/mol. The van der Waals surface area contributed by atoms with Crippen LogP contribution in [0, 0.1) is 0 Å². The van der Waals surface area contributed by atoms with Gasteiger partial charge in [-0.1, -0.05) is 36.4 Å². The lowest BCUT2D eigenvalue weighted by molar-refractivity contribution is -0.146. The molecule has 10 rings (SSSR count). The molecule has 396 valence electrons. The molecular weight excluding hydrogens is 971 g/mol. The van der Waals surface area contributed by atoms with Crippen molar-refractivity contribution >= 4 is 62.9 Å². The number of H-pyrrole nitrogens is 1. The molecule has 2 aromatic heterocycles. The van der Waals surface area contributed by atoms with E-state index in [-0.39, 0.29) is 51.0 Å². The number of aromatic amines is 1. The topological polar surface area (TPSA) is 209 Å². The summed E-state index contributed by atoms with van der Waals surface area (Å²) in [4.78, 5) is 70.5. The third-order valence-electron chi connectivity index (χ3n) is 14.4. The van der Waals surface area contributed by atoms with Gasteiger partial charge in [0.1, 0.15) is 41.5 Å². The number of carbonyl (C=O) groups excluding carboxylic acids is 5. The van der Waals surface area contributed by atoms with E-state index in [1.54, 1.807) is 95.8 Å². The number of anilines is 2. The largest absolute Gasteiger partial charge is 0.497 e. The highest BCUT2D eigenvalue weighted by Crippen LogP contribution is 2.41. The zero-order chi connectivity index (χ0) is 53.1. The molecule has 4 saturated heterocycles. The van der Waals surface area contributed by atoms with Gasteiger partial charge in [0.2, 0.25) is 23.6 Å². The minimum Gasteiger partial charge on any atom is -0.497 e. The Bertz CT molecular complexity index is 3040. The van der Waals surface area contributed by atoms with Gasteiger partial charge in [0.25, 0.3) is 0 Å². The van der Waals surface area contributed by atoms with E-state index in [4.69, 9.17) is 23.7 Å². The molecule has 6 heterocycles. The van der Waals surface area contributed by atoms with E-state index in [1.807, 2.05) is 30.3 Å². The summed E-state index contributed by atoms with van der Waals surface area (Å²) in [6, 6.07) is 23.0. The van der Waals surface area contributed by atoms with E-state index in [2.05, 4.69) is 25.9 Å². The minimum absolute atomic E-state index is 0.0432. The zero-order valence-corrected chi connectivity index (χ0v) is 42.6. The quantitative estimate of drug-likeness (QED) is 0.121. The van der Waals surface area contributed by atoms with Crippen molar-refractivity contribution in [3.05, 3.63) is 108 Å². The number of nitrogens with one attached hydrogen (secondary N) is 3. The number of hydrogen-bond acceptors (Lipinski definition) is 12. The fraction of sp³-hybridized carbons (Fsp3) is 0.436. The Kier molecular flexibility index (Phi) is 15.2. The van der Waals surface area contributed by atoms with Crippen LogP contribution in [0.15, 0.2) is 97.3 Å². The van der Waals surface area contributed by atoms with Crippen LogP contribution in [0.5, 0.6) is 11.5 Å². The highest BCUT2D eigenvalue weighted by atomic mass is 19.1. The molecular formula is C55H62F2N8O10. The molecule has 0 aliphatic carbocycles. The Hall–Kier alpha value is -7.45. The van der Waals surface area contributed by atoms with E-state index in [0.717, 1.165) is 26.7 Å². The SMILES string of the molecule is COc1ccc(C2(C(=O)N3C[C@H](F)C[C@@H]3C(=O)Nc3cccc4[nH]ncc34)CCCOC2)cc1.COc1ccc(C2(C(=O)N3C[C@H](F)C[C@@H]3C(=O)Nc3cccc4c3cnn4C(=O)OC(C)(C)C)CCCOC2)cc1. The third-order valence-corrected chi connectivity index (χ3v) is 14.4. The molecule has 6 atom stereocenters. The van der Waals surface area contributed by atoms with Crippen molar-refractivity contribution in [2.24, 2.45) is 0 Å². The number of aromatic nitrogens is 4. The number of halogens is 2. The van der Waals surface area contributed by atoms with Crippen LogP contribution in [0.3, 0.4) is 0 Å². The van der Waals surface area contributed by atoms with Crippen LogP contribution in [-0.2, 0) is 44.2 Å². The summed E-state index contributed by atoms with van der Waals surface area (Å²) in [7, 11) is 3.15. The number of likely N-dealkylation sites (tertiary alicyclic amines) is 2. The van der Waals surface area contributed by atoms with Gasteiger partial charge in [0.15, 0.2) is 0 Å². The minimum atomic E-state index is -1.35. The molecule has 0 saturated carbocycles. The second-order valence-electron chi connectivity index (χ2n) is 20.4. The molecule has 0 radical (unpaired) electrons. The van der Waals surface area contributed by atoms with Crippen molar-refractivity contribution < 1.29 is 56.4 Å². The molecule has 3 N–H and O–H groups in total. The third kappa shape index (κ3) is 10.8. The van der Waals surface area contributed by atoms with Crippen LogP contribution in [0.25, 0.3) is 21.8 Å². The van der Waals surface area contributed by atoms with Crippen molar-refractivity contribution in [1.82, 2.24) is 29.8 Å². The first kappa shape index (κ1) is 52.4. The van der Waals surface area contributed by atoms with Gasteiger partial charge in [-0.15, -0.1) is 0 Å². The number of hydrogen-bond donors (Lipinski definition) is 3. The molecule has 0 bridgehead atoms. The van der Waals surface area contributed by atoms with Gasteiger partial charge >= 0.3 is 6.09 Å². The normalized spacial score (nSPS) is 23.8. The number of amides is 4. The second kappa shape index (κ2) is 21.8. The standard InChI is InChI=1S/C30H35FN4O6.C25H27FN4O4/c1-29(2,3)41-28(38)35-24-8-5-7-23(22(24)16-32-35)33-26(36)25-15-20(31)17-34(25)27(37)30(13-6-14-40-18-30)19-9-11-21(39-4)12-10-19;1-33-18-8-6-16(7-9-18)25(10-3-11-34-15-25)24(32)30-14-17(26)12-22(30)23(31)28-20-4-2-5-21-19(20)13-27-29-21/h5,7-12,16,20,25H,6,13-15,17-18H2,1-4H3,(H,33,36);2,4-9,13,17,22H,3,10-12,14-15H2,1H3,(H,27,29)(H,28,31)/t20-,25-,30?;17-,22-,25?/m11/s1. The van der Waals surface area contributed by atoms with Crippen LogP contribution in [0.4, 0.5) is 25.0 Å². The molecule has 2 unspecified atom stereocenters. The molecule has 75 heavy (non-hydrogen) atoms.